The van der Waals surface area contributed by atoms with Gasteiger partial charge >= 0.3 is 0 Å². The van der Waals surface area contributed by atoms with E-state index >= 15 is 9.59 Å². The van der Waals surface area contributed by atoms with Crippen LogP contribution in [0.5, 0.6) is 0 Å². The van der Waals surface area contributed by atoms with Crippen molar-refractivity contribution >= 4 is 70.9 Å². The monoisotopic (exact) mass is 1450 g/mol. The van der Waals surface area contributed by atoms with Crippen molar-refractivity contribution < 1.29 is 87.4 Å². The highest BCUT2D eigenvalue weighted by Gasteiger charge is 2.45. The summed E-state index contributed by atoms with van der Waals surface area (Å²) in [5.74, 6) is -12.4. The molecule has 1 aromatic heterocycles. The summed E-state index contributed by atoms with van der Waals surface area (Å²) >= 11 is 0. The van der Waals surface area contributed by atoms with Crippen LogP contribution in [0.2, 0.25) is 0 Å². The van der Waals surface area contributed by atoms with Gasteiger partial charge in [-0.1, -0.05) is 124 Å². The van der Waals surface area contributed by atoms with E-state index in [0.29, 0.717) is 23.1 Å². The van der Waals surface area contributed by atoms with E-state index < -0.39 is 200 Å². The van der Waals surface area contributed by atoms with E-state index in [0.717, 1.165) is 0 Å². The molecule has 34 heteroatoms. The number of rotatable bonds is 24. The molecule has 19 N–H and O–H groups in total. The summed E-state index contributed by atoms with van der Waals surface area (Å²) in [7, 11) is 0. The summed E-state index contributed by atoms with van der Waals surface area (Å²) in [6.07, 6.45) is -9.04. The predicted molar refractivity (Wildman–Crippen MR) is 371 cm³/mol. The summed E-state index contributed by atoms with van der Waals surface area (Å²) in [6.45, 7) is 5.72. The molecule has 34 nitrogen and oxygen atoms in total. The third-order valence-corrected chi connectivity index (χ3v) is 17.9. The molecule has 15 atom stereocenters. The fourth-order valence-electron chi connectivity index (χ4n) is 12.3. The molecular weight excluding hydrogens is 1350 g/mol. The van der Waals surface area contributed by atoms with Crippen LogP contribution in [0.1, 0.15) is 101 Å². The van der Waals surface area contributed by atoms with Gasteiger partial charge in [0.15, 0.2) is 6.29 Å². The summed E-state index contributed by atoms with van der Waals surface area (Å²) < 4.78 is 12.3. The van der Waals surface area contributed by atoms with E-state index in [4.69, 9.17) is 26.7 Å². The molecule has 0 saturated carbocycles. The lowest BCUT2D eigenvalue weighted by molar-refractivity contribution is -0.301. The first kappa shape index (κ1) is 81.5. The third-order valence-electron chi connectivity index (χ3n) is 17.9. The average molecular weight is 1450 g/mol. The predicted octanol–water partition coefficient (Wildman–Crippen LogP) is -4.69. The minimum absolute atomic E-state index is 0.00313. The fraction of sp³-hybridized carbons (Fsp3) is 0.543. The Morgan fingerprint density at radius 3 is 1.58 bits per heavy atom. The molecule has 7 rings (SSSR count). The van der Waals surface area contributed by atoms with Crippen LogP contribution in [-0.4, -0.2) is 229 Å². The second-order valence-corrected chi connectivity index (χ2v) is 27.0. The van der Waals surface area contributed by atoms with Gasteiger partial charge in [-0.2, -0.15) is 0 Å². The molecule has 0 spiro atoms. The van der Waals surface area contributed by atoms with E-state index in [1.165, 1.54) is 15.8 Å². The van der Waals surface area contributed by atoms with Crippen LogP contribution in [0, 0.1) is 11.8 Å². The average Bonchev–Trinajstić information content (AvgIpc) is 1.73. The molecule has 3 fully saturated rings. The fourth-order valence-corrected chi connectivity index (χ4v) is 12.3. The van der Waals surface area contributed by atoms with Gasteiger partial charge in [0, 0.05) is 44.8 Å². The number of nitrogens with two attached hydrogens (primary N) is 3. The number of hydrogen-bond acceptors (Lipinski definition) is 21. The highest BCUT2D eigenvalue weighted by atomic mass is 16.7. The number of ether oxygens (including phenoxy) is 2. The number of nitrogens with zero attached hydrogens (tertiary/aromatic N) is 4. The van der Waals surface area contributed by atoms with Crippen LogP contribution in [-0.2, 0) is 99.2 Å². The molecule has 4 heterocycles. The van der Waals surface area contributed by atoms with Crippen molar-refractivity contribution in [1.29, 1.82) is 0 Å². The zero-order chi connectivity index (χ0) is 75.7. The number of aliphatic hydroxyl groups is 4. The molecule has 0 radical (unpaired) electrons. The Morgan fingerprint density at radius 2 is 1.04 bits per heavy atom. The molecule has 12 amide bonds. The largest absolute Gasteiger partial charge is 0.394 e. The smallest absolute Gasteiger partial charge is 0.246 e. The van der Waals surface area contributed by atoms with Crippen LogP contribution < -0.4 is 65.1 Å². The number of fused-ring (bicyclic) bond motifs is 1. The number of hydrogen-bond donors (Lipinski definition) is 16. The van der Waals surface area contributed by atoms with Crippen LogP contribution in [0.15, 0.2) is 97.2 Å². The number of aromatic nitrogens is 3. The number of amides is 12. The van der Waals surface area contributed by atoms with E-state index in [9.17, 15) is 68.4 Å². The molecule has 3 saturated heterocycles. The van der Waals surface area contributed by atoms with Gasteiger partial charge in [0.2, 0.25) is 70.9 Å². The lowest BCUT2D eigenvalue weighted by Gasteiger charge is -2.39. The molecule has 4 aromatic rings. The number of aliphatic hydroxyl groups excluding tert-OH is 4. The number of nitrogens with one attached hydrogen (secondary N) is 9. The Hall–Kier alpha value is -9.84. The van der Waals surface area contributed by atoms with Gasteiger partial charge in [-0.3, -0.25) is 57.5 Å². The molecular formula is C70H98N16O18. The normalized spacial score (nSPS) is 27.1. The van der Waals surface area contributed by atoms with Gasteiger partial charge in [0.25, 0.3) is 0 Å². The van der Waals surface area contributed by atoms with Gasteiger partial charge in [0.05, 0.1) is 31.9 Å². The summed E-state index contributed by atoms with van der Waals surface area (Å²) in [5.41, 5.74) is 18.9. The molecule has 566 valence electrons. The van der Waals surface area contributed by atoms with Crippen molar-refractivity contribution in [2.45, 2.75) is 202 Å². The van der Waals surface area contributed by atoms with Crippen molar-refractivity contribution in [2.24, 2.45) is 29.0 Å². The highest BCUT2D eigenvalue weighted by Crippen LogP contribution is 2.24. The van der Waals surface area contributed by atoms with Crippen molar-refractivity contribution in [2.75, 3.05) is 26.3 Å². The molecule has 3 aromatic carbocycles. The summed E-state index contributed by atoms with van der Waals surface area (Å²) in [4.78, 5) is 176. The second-order valence-electron chi connectivity index (χ2n) is 27.0. The minimum atomic E-state index is -1.92. The topological polar surface area (TPSA) is 524 Å². The Kier molecular flexibility index (Phi) is 31.1. The minimum Gasteiger partial charge on any atom is -0.394 e. The molecule has 104 heavy (non-hydrogen) atoms. The van der Waals surface area contributed by atoms with E-state index in [2.05, 4.69) is 58.2 Å². The summed E-state index contributed by atoms with van der Waals surface area (Å²) in [5, 5.41) is 73.0. The Balaban J connectivity index is 1.29. The Labute approximate surface area is 601 Å². The molecule has 0 bridgehead atoms. The maximum absolute atomic E-state index is 15.2. The highest BCUT2D eigenvalue weighted by molar-refractivity contribution is 6.01. The summed E-state index contributed by atoms with van der Waals surface area (Å²) in [6, 6.07) is 10.3. The van der Waals surface area contributed by atoms with Crippen molar-refractivity contribution in [1.82, 2.24) is 67.7 Å². The van der Waals surface area contributed by atoms with Crippen LogP contribution >= 0.6 is 0 Å². The molecule has 3 aliphatic heterocycles. The first-order valence-electron chi connectivity index (χ1n) is 34.9. The quantitative estimate of drug-likeness (QED) is 0.0313. The van der Waals surface area contributed by atoms with E-state index in [1.807, 2.05) is 0 Å². The van der Waals surface area contributed by atoms with Gasteiger partial charge in [-0.25, -0.2) is 4.68 Å². The second kappa shape index (κ2) is 39.7. The van der Waals surface area contributed by atoms with Gasteiger partial charge in [-0.15, -0.1) is 5.10 Å². The third kappa shape index (κ3) is 24.1. The number of carbonyl (C=O) groups excluding carboxylic acids is 12. The van der Waals surface area contributed by atoms with Crippen LogP contribution in [0.3, 0.4) is 0 Å². The molecule has 3 aliphatic rings. The Bertz CT molecular complexity index is 3570. The van der Waals surface area contributed by atoms with E-state index in [-0.39, 0.29) is 82.8 Å². The van der Waals surface area contributed by atoms with E-state index in [1.54, 1.807) is 119 Å². The van der Waals surface area contributed by atoms with Gasteiger partial charge in [-0.05, 0) is 73.6 Å². The SMILES string of the molecule is CC(C)C[C@@H]1NC(=O)[C@H](CCCN)NC(=O)[C@H](C(C)C)NC(=O)[C@H](Cc2cn(CCO[C@H]3O[C@H](CO)[C@@H](O)[C@H](O)[C@@H]3O)nn2)NC(=O)[C@H](CCC(N)=O)NC(=O)[C@H](CC(N)=O)NC(=O)[C@@H](Cc2ccccc2)NC(=O)[C@H](Cc2ccccc2)NC(=O)[C@@H]2CCCN2C(=O)[C@@H](Cc2ccccc2)NC1=O. The Morgan fingerprint density at radius 1 is 0.567 bits per heavy atom. The van der Waals surface area contributed by atoms with Crippen LogP contribution in [0.25, 0.3) is 0 Å². The number of primary amides is 2. The molecule has 0 unspecified atom stereocenters. The molecule has 0 aliphatic carbocycles. The number of carbonyl (C=O) groups is 12. The standard InChI is InChI=1S/C70H98N16O18/c1-38(2)30-46-62(95)81-51(33-42-20-12-7-13-21-42)69(102)86-27-15-23-52(86)67(100)80-48(32-41-18-10-6-11-19-41)64(97)77-47(31-40-16-8-5-9-17-40)63(96)79-50(35-55(73)89)65(98)74-45(24-25-54(72)88)61(94)78-49(66(99)82-56(39(3)4)68(101)75-44(22-14-26-71)60(93)76-46)34-43-36-85(84-83-43)28-29-103-70-59(92)58(91)57(90)53(37-87)104-70/h5-13,16-21,36,38-39,44-53,56-59,70,87,90-92H,14-15,22-35,37,71H2,1-4H3,(H2,72,88)(H2,73,89)(H,74,98)(H,75,101)(H,76,93)(H,77,97)(H,78,94)(H,79,96)(H,80,100)(H,81,95)(H,82,99)/t44-,45-,46-,47+,48-,49-,50-,51+,52-,53+,56-,57+,58-,59-,70-/m0/s1. The maximum atomic E-state index is 15.2. The lowest BCUT2D eigenvalue weighted by atomic mass is 9.99. The zero-order valence-electron chi connectivity index (χ0n) is 58.6. The number of benzene rings is 3. The zero-order valence-corrected chi connectivity index (χ0v) is 58.6. The van der Waals surface area contributed by atoms with Gasteiger partial charge < -0.3 is 99.9 Å². The van der Waals surface area contributed by atoms with Crippen molar-refractivity contribution in [3.63, 3.8) is 0 Å². The van der Waals surface area contributed by atoms with Crippen molar-refractivity contribution in [3.05, 3.63) is 120 Å². The van der Waals surface area contributed by atoms with Crippen molar-refractivity contribution in [3.8, 4) is 0 Å². The van der Waals surface area contributed by atoms with Gasteiger partial charge in [0.1, 0.15) is 84.8 Å². The first-order chi connectivity index (χ1) is 49.6. The first-order valence-corrected chi connectivity index (χ1v) is 34.9. The van der Waals surface area contributed by atoms with Crippen LogP contribution in [0.4, 0.5) is 0 Å². The maximum Gasteiger partial charge on any atom is 0.246 e. The lowest BCUT2D eigenvalue weighted by Crippen LogP contribution is -2.62.